The highest BCUT2D eigenvalue weighted by Crippen LogP contribution is 2.53. The molecule has 2 aliphatic rings. The van der Waals surface area contributed by atoms with Gasteiger partial charge in [-0.15, -0.1) is 0 Å². The molecule has 146 valence electrons. The van der Waals surface area contributed by atoms with Crippen LogP contribution < -0.4 is 4.74 Å². The molecule has 2 aromatic rings. The van der Waals surface area contributed by atoms with E-state index in [4.69, 9.17) is 14.0 Å². The van der Waals surface area contributed by atoms with Crippen LogP contribution >= 0.6 is 0 Å². The summed E-state index contributed by atoms with van der Waals surface area (Å²) in [6.07, 6.45) is 5.99. The molecule has 0 amide bonds. The topological polar surface area (TPSA) is 61.6 Å². The highest BCUT2D eigenvalue weighted by Gasteiger charge is 2.58. The maximum atomic E-state index is 13.7. The number of hydrogen-bond acceptors (Lipinski definition) is 5. The Morgan fingerprint density at radius 2 is 2.00 bits per heavy atom. The van der Waals surface area contributed by atoms with Gasteiger partial charge in [-0.2, -0.15) is 0 Å². The van der Waals surface area contributed by atoms with Gasteiger partial charge in [0.25, 0.3) is 5.88 Å². The number of fused-ring (bicyclic) bond motifs is 2. The van der Waals surface area contributed by atoms with E-state index in [2.05, 4.69) is 25.1 Å². The number of carbonyl (C=O) groups is 1. The third-order valence-corrected chi connectivity index (χ3v) is 5.92. The number of allylic oxidation sites excluding steroid dienone is 2. The fourth-order valence-corrected chi connectivity index (χ4v) is 4.55. The van der Waals surface area contributed by atoms with Crippen LogP contribution in [0.3, 0.4) is 0 Å². The van der Waals surface area contributed by atoms with Crippen LogP contribution in [-0.4, -0.2) is 23.7 Å². The number of ketones is 1. The number of ether oxygens (including phenoxy) is 2. The molecule has 3 unspecified atom stereocenters. The predicted molar refractivity (Wildman–Crippen MR) is 105 cm³/mol. The molecule has 0 aliphatic heterocycles. The summed E-state index contributed by atoms with van der Waals surface area (Å²) in [6.45, 7) is 6.51. The fourth-order valence-electron chi connectivity index (χ4n) is 4.55. The summed E-state index contributed by atoms with van der Waals surface area (Å²) < 4.78 is 17.5. The molecule has 0 radical (unpaired) electrons. The van der Waals surface area contributed by atoms with Gasteiger partial charge in [0.05, 0.1) is 0 Å². The quantitative estimate of drug-likeness (QED) is 0.753. The van der Waals surface area contributed by atoms with Gasteiger partial charge >= 0.3 is 0 Å². The van der Waals surface area contributed by atoms with Crippen LogP contribution in [0.2, 0.25) is 0 Å². The van der Waals surface area contributed by atoms with E-state index in [9.17, 15) is 4.79 Å². The van der Waals surface area contributed by atoms with E-state index in [-0.39, 0.29) is 29.4 Å². The van der Waals surface area contributed by atoms with Gasteiger partial charge in [0.15, 0.2) is 11.4 Å². The number of rotatable bonds is 5. The normalized spacial score (nSPS) is 26.0. The third-order valence-electron chi connectivity index (χ3n) is 5.92. The van der Waals surface area contributed by atoms with Crippen LogP contribution in [0, 0.1) is 11.8 Å². The zero-order chi connectivity index (χ0) is 19.9. The molecule has 1 aromatic heterocycles. The van der Waals surface area contributed by atoms with E-state index in [1.807, 2.05) is 49.4 Å². The molecule has 0 saturated carbocycles. The molecule has 0 fully saturated rings. The summed E-state index contributed by atoms with van der Waals surface area (Å²) in [6, 6.07) is 9.79. The summed E-state index contributed by atoms with van der Waals surface area (Å²) in [7, 11) is 1.60. The molecule has 0 bridgehead atoms. The molecule has 0 spiro atoms. The van der Waals surface area contributed by atoms with Crippen molar-refractivity contribution in [1.29, 1.82) is 0 Å². The summed E-state index contributed by atoms with van der Waals surface area (Å²) in [5.41, 5.74) is 1.25. The third kappa shape index (κ3) is 2.65. The molecular weight excluding hydrogens is 354 g/mol. The second-order valence-corrected chi connectivity index (χ2v) is 7.80. The Morgan fingerprint density at radius 1 is 1.25 bits per heavy atom. The lowest BCUT2D eigenvalue weighted by Crippen LogP contribution is -2.54. The Balaban J connectivity index is 1.79. The second-order valence-electron chi connectivity index (χ2n) is 7.80. The van der Waals surface area contributed by atoms with Gasteiger partial charge in [-0.1, -0.05) is 62.4 Å². The summed E-state index contributed by atoms with van der Waals surface area (Å²) in [5, 5.41) is 4.13. The number of nitrogens with zero attached hydrogens (tertiary/aromatic N) is 1. The number of hydrogen-bond donors (Lipinski definition) is 0. The highest BCUT2D eigenvalue weighted by atomic mass is 16.5. The van der Waals surface area contributed by atoms with Crippen molar-refractivity contribution < 1.29 is 18.8 Å². The first kappa shape index (κ1) is 18.7. The van der Waals surface area contributed by atoms with E-state index < -0.39 is 5.60 Å². The highest BCUT2D eigenvalue weighted by molar-refractivity contribution is 6.09. The molecule has 0 N–H and O–H groups in total. The lowest BCUT2D eigenvalue weighted by molar-refractivity contribution is -0.0184. The number of aromatic nitrogens is 1. The molecule has 4 rings (SSSR count). The van der Waals surface area contributed by atoms with Gasteiger partial charge in [-0.25, -0.2) is 0 Å². The molecule has 2 aliphatic carbocycles. The Kier molecular flexibility index (Phi) is 4.71. The van der Waals surface area contributed by atoms with Gasteiger partial charge in [0, 0.05) is 18.9 Å². The molecule has 1 aromatic carbocycles. The first-order valence-electron chi connectivity index (χ1n) is 9.62. The standard InChI is InChI=1S/C23H25NO4/c1-14(2)18-17-12-8-9-15(3)23(17,26-4)21(25)19-20(18)28-24-22(19)27-13-16-10-6-5-7-11-16/h5-12,14,17-18H,13H2,1-4H3. The van der Waals surface area contributed by atoms with Crippen LogP contribution in [0.5, 0.6) is 5.88 Å². The van der Waals surface area contributed by atoms with Crippen molar-refractivity contribution in [2.24, 2.45) is 11.8 Å². The van der Waals surface area contributed by atoms with Crippen molar-refractivity contribution in [3.8, 4) is 5.88 Å². The minimum absolute atomic E-state index is 0.0332. The van der Waals surface area contributed by atoms with Crippen molar-refractivity contribution in [2.45, 2.75) is 38.9 Å². The van der Waals surface area contributed by atoms with Gasteiger partial charge in [-0.3, -0.25) is 4.79 Å². The fraction of sp³-hybridized carbons (Fsp3) is 0.391. The Labute approximate surface area is 165 Å². The van der Waals surface area contributed by atoms with E-state index >= 15 is 0 Å². The van der Waals surface area contributed by atoms with Crippen molar-refractivity contribution in [3.63, 3.8) is 0 Å². The minimum Gasteiger partial charge on any atom is -0.470 e. The summed E-state index contributed by atoms with van der Waals surface area (Å²) >= 11 is 0. The molecule has 5 nitrogen and oxygen atoms in total. The monoisotopic (exact) mass is 379 g/mol. The molecule has 1 heterocycles. The lowest BCUT2D eigenvalue weighted by Gasteiger charge is -2.46. The van der Waals surface area contributed by atoms with Crippen LogP contribution in [0.25, 0.3) is 0 Å². The molecule has 0 saturated heterocycles. The molecule has 5 heteroatoms. The Morgan fingerprint density at radius 3 is 2.68 bits per heavy atom. The van der Waals surface area contributed by atoms with Crippen molar-refractivity contribution in [3.05, 3.63) is 71.0 Å². The lowest BCUT2D eigenvalue weighted by atomic mass is 9.61. The first-order valence-corrected chi connectivity index (χ1v) is 9.62. The van der Waals surface area contributed by atoms with Crippen molar-refractivity contribution >= 4 is 5.78 Å². The first-order chi connectivity index (χ1) is 13.5. The SMILES string of the molecule is COC12C(=O)c3c(OCc4ccccc4)noc3C(C(C)C)C1C=CC=C2C. The van der Waals surface area contributed by atoms with E-state index in [1.165, 1.54) is 0 Å². The minimum atomic E-state index is -1.05. The van der Waals surface area contributed by atoms with Crippen molar-refractivity contribution in [2.75, 3.05) is 7.11 Å². The predicted octanol–water partition coefficient (Wildman–Crippen LogP) is 4.71. The van der Waals surface area contributed by atoms with E-state index in [0.717, 1.165) is 11.1 Å². The van der Waals surface area contributed by atoms with Crippen molar-refractivity contribution in [1.82, 2.24) is 5.16 Å². The number of methoxy groups -OCH3 is 1. The van der Waals surface area contributed by atoms with Gasteiger partial charge in [-0.05, 0) is 29.1 Å². The Bertz CT molecular complexity index is 941. The molecule has 28 heavy (non-hydrogen) atoms. The van der Waals surface area contributed by atoms with Crippen LogP contribution in [-0.2, 0) is 11.3 Å². The largest absolute Gasteiger partial charge is 0.470 e. The van der Waals surface area contributed by atoms with Crippen LogP contribution in [0.15, 0.2) is 58.7 Å². The van der Waals surface area contributed by atoms with E-state index in [0.29, 0.717) is 17.9 Å². The maximum absolute atomic E-state index is 13.7. The van der Waals surface area contributed by atoms with Gasteiger partial charge in [0.2, 0.25) is 5.78 Å². The van der Waals surface area contributed by atoms with Crippen LogP contribution in [0.1, 0.15) is 48.4 Å². The van der Waals surface area contributed by atoms with E-state index in [1.54, 1.807) is 7.11 Å². The van der Waals surface area contributed by atoms with Gasteiger partial charge < -0.3 is 14.0 Å². The Hall–Kier alpha value is -2.66. The number of benzene rings is 1. The van der Waals surface area contributed by atoms with Crippen LogP contribution in [0.4, 0.5) is 0 Å². The summed E-state index contributed by atoms with van der Waals surface area (Å²) in [4.78, 5) is 13.7. The average Bonchev–Trinajstić information content (AvgIpc) is 3.11. The zero-order valence-electron chi connectivity index (χ0n) is 16.6. The smallest absolute Gasteiger partial charge is 0.265 e. The van der Waals surface area contributed by atoms with Gasteiger partial charge in [0.1, 0.15) is 12.2 Å². The second kappa shape index (κ2) is 7.06. The molecule has 3 atom stereocenters. The zero-order valence-corrected chi connectivity index (χ0v) is 16.6. The maximum Gasteiger partial charge on any atom is 0.265 e. The average molecular weight is 379 g/mol. The summed E-state index contributed by atoms with van der Waals surface area (Å²) in [5.74, 6) is 0.754. The number of carbonyl (C=O) groups excluding carboxylic acids is 1. The molecular formula is C23H25NO4. The number of Topliss-reactive ketones (excluding diaryl/α,β-unsaturated/α-hetero) is 1.